The lowest BCUT2D eigenvalue weighted by Crippen LogP contribution is -2.52. The SMILES string of the molecule is Cc1ccc(S(=O)(=O)/N=c2\o[n-][n+](C(C)C)c2CN2CCOC(CC(=O)Nc3ccc(/C=C/c4ccccc4)cc3)C2=O)cc1. The zero-order valence-electron chi connectivity index (χ0n) is 25.3. The molecule has 1 aliphatic rings. The highest BCUT2D eigenvalue weighted by atomic mass is 32.2. The van der Waals surface area contributed by atoms with Crippen LogP contribution in [0.1, 0.15) is 48.7 Å². The fourth-order valence-electron chi connectivity index (χ4n) is 4.76. The molecule has 2 amide bonds. The fourth-order valence-corrected chi connectivity index (χ4v) is 5.70. The number of hydrogen-bond donors (Lipinski definition) is 1. The molecule has 5 rings (SSSR count). The maximum atomic E-state index is 13.4. The zero-order chi connectivity index (χ0) is 32.0. The van der Waals surface area contributed by atoms with Crippen LogP contribution in [0.4, 0.5) is 5.69 Å². The third-order valence-corrected chi connectivity index (χ3v) is 8.46. The standard InChI is InChI=1S/C33H35N5O6S/c1-23(2)38-29(32(44-36-38)35-45(41,42)28-17-9-24(3)10-18-28)22-37-19-20-43-30(33(37)40)21-31(39)34-27-15-13-26(14-16-27)12-11-25-7-5-4-6-8-25/h4-18,23,30H,19-22H2,1-3H3,(H,34,39)/b12-11+,35-32-. The third kappa shape index (κ3) is 8.02. The highest BCUT2D eigenvalue weighted by Gasteiger charge is 2.34. The predicted octanol–water partition coefficient (Wildman–Crippen LogP) is 3.63. The van der Waals surface area contributed by atoms with Gasteiger partial charge in [0, 0.05) is 12.2 Å². The first-order valence-corrected chi connectivity index (χ1v) is 16.0. The number of nitrogens with zero attached hydrogens (tertiary/aromatic N) is 4. The lowest BCUT2D eigenvalue weighted by atomic mass is 10.1. The molecule has 0 bridgehead atoms. The largest absolute Gasteiger partial charge is 0.486 e. The summed E-state index contributed by atoms with van der Waals surface area (Å²) in [6, 6.07) is 23.4. The monoisotopic (exact) mass is 629 g/mol. The number of morpholine rings is 1. The van der Waals surface area contributed by atoms with Gasteiger partial charge in [-0.2, -0.15) is 8.42 Å². The Morgan fingerprint density at radius 1 is 1.04 bits per heavy atom. The van der Waals surface area contributed by atoms with Crippen LogP contribution in [-0.4, -0.2) is 44.4 Å². The molecule has 2 heterocycles. The van der Waals surface area contributed by atoms with E-state index in [0.717, 1.165) is 16.7 Å². The minimum absolute atomic E-state index is 0.0124. The number of carbonyl (C=O) groups is 2. The molecule has 11 nitrogen and oxygen atoms in total. The number of sulfonamides is 1. The maximum Gasteiger partial charge on any atom is 0.289 e. The summed E-state index contributed by atoms with van der Waals surface area (Å²) in [5.74, 6) is -0.772. The Morgan fingerprint density at radius 3 is 2.38 bits per heavy atom. The predicted molar refractivity (Wildman–Crippen MR) is 167 cm³/mol. The number of ether oxygens (including phenoxy) is 1. The van der Waals surface area contributed by atoms with Gasteiger partial charge in [-0.25, -0.2) is 4.68 Å². The molecule has 0 aliphatic carbocycles. The molecular weight excluding hydrogens is 594 g/mol. The van der Waals surface area contributed by atoms with E-state index in [1.807, 2.05) is 75.4 Å². The number of carbonyl (C=O) groups excluding carboxylic acids is 2. The highest BCUT2D eigenvalue weighted by molar-refractivity contribution is 7.90. The van der Waals surface area contributed by atoms with Crippen molar-refractivity contribution < 1.29 is 31.9 Å². The molecule has 1 atom stereocenters. The van der Waals surface area contributed by atoms with Crippen LogP contribution in [0.2, 0.25) is 0 Å². The molecule has 0 spiro atoms. The van der Waals surface area contributed by atoms with E-state index in [0.29, 0.717) is 11.4 Å². The summed E-state index contributed by atoms with van der Waals surface area (Å²) in [5.41, 5.74) is 3.68. The van der Waals surface area contributed by atoms with Gasteiger partial charge in [0.15, 0.2) is 0 Å². The average molecular weight is 630 g/mol. The molecule has 1 fully saturated rings. The molecule has 1 unspecified atom stereocenters. The van der Waals surface area contributed by atoms with E-state index >= 15 is 0 Å². The molecular formula is C33H35N5O6S. The molecule has 3 aromatic carbocycles. The second-order valence-corrected chi connectivity index (χ2v) is 12.6. The van der Waals surface area contributed by atoms with Crippen molar-refractivity contribution in [1.29, 1.82) is 0 Å². The number of nitrogens with one attached hydrogen (secondary N) is 1. The first kappa shape index (κ1) is 31.6. The van der Waals surface area contributed by atoms with Crippen molar-refractivity contribution in [2.45, 2.75) is 50.8 Å². The van der Waals surface area contributed by atoms with Crippen molar-refractivity contribution in [3.8, 4) is 0 Å². The Bertz CT molecular complexity index is 1840. The van der Waals surface area contributed by atoms with Gasteiger partial charge in [0.2, 0.25) is 5.91 Å². The van der Waals surface area contributed by atoms with Gasteiger partial charge in [0.05, 0.1) is 17.9 Å². The van der Waals surface area contributed by atoms with Crippen molar-refractivity contribution in [3.63, 3.8) is 0 Å². The Kier molecular flexibility index (Phi) is 9.74. The van der Waals surface area contributed by atoms with Gasteiger partial charge in [-0.1, -0.05) is 72.3 Å². The van der Waals surface area contributed by atoms with E-state index < -0.39 is 22.0 Å². The number of amides is 2. The van der Waals surface area contributed by atoms with E-state index in [4.69, 9.17) is 9.26 Å². The topological polar surface area (TPSA) is 136 Å². The second-order valence-electron chi connectivity index (χ2n) is 11.0. The lowest BCUT2D eigenvalue weighted by Gasteiger charge is -2.31. The third-order valence-electron chi connectivity index (χ3n) is 7.19. The van der Waals surface area contributed by atoms with Crippen molar-refractivity contribution in [2.75, 3.05) is 18.5 Å². The van der Waals surface area contributed by atoms with Crippen molar-refractivity contribution in [2.24, 2.45) is 4.40 Å². The molecule has 234 valence electrons. The highest BCUT2D eigenvalue weighted by Crippen LogP contribution is 2.17. The minimum Gasteiger partial charge on any atom is -0.486 e. The number of rotatable bonds is 10. The number of aromatic nitrogens is 2. The first-order chi connectivity index (χ1) is 21.6. The summed E-state index contributed by atoms with van der Waals surface area (Å²) in [7, 11) is -4.10. The van der Waals surface area contributed by atoms with Gasteiger partial charge in [-0.05, 0) is 56.2 Å². The van der Waals surface area contributed by atoms with Gasteiger partial charge in [-0.3, -0.25) is 14.9 Å². The number of hydrogen-bond acceptors (Lipinski definition) is 6. The summed E-state index contributed by atoms with van der Waals surface area (Å²) in [4.78, 5) is 27.8. The number of anilines is 1. The maximum absolute atomic E-state index is 13.4. The van der Waals surface area contributed by atoms with E-state index in [-0.39, 0.29) is 48.5 Å². The van der Waals surface area contributed by atoms with Crippen LogP contribution < -0.4 is 20.8 Å². The molecule has 1 aromatic heterocycles. The fraction of sp³-hybridized carbons (Fsp3) is 0.273. The van der Waals surface area contributed by atoms with Crippen LogP contribution in [0.15, 0.2) is 92.7 Å². The summed E-state index contributed by atoms with van der Waals surface area (Å²) >= 11 is 0. The van der Waals surface area contributed by atoms with Gasteiger partial charge in [0.25, 0.3) is 27.2 Å². The van der Waals surface area contributed by atoms with Crippen molar-refractivity contribution in [1.82, 2.24) is 10.2 Å². The van der Waals surface area contributed by atoms with E-state index in [9.17, 15) is 18.0 Å². The summed E-state index contributed by atoms with van der Waals surface area (Å²) < 4.78 is 42.5. The first-order valence-electron chi connectivity index (χ1n) is 14.6. The Hall–Kier alpha value is -4.81. The number of benzene rings is 3. The quantitative estimate of drug-likeness (QED) is 0.209. The van der Waals surface area contributed by atoms with Gasteiger partial charge in [-0.15, -0.1) is 4.40 Å². The van der Waals surface area contributed by atoms with Crippen molar-refractivity contribution >= 4 is 39.7 Å². The molecule has 0 radical (unpaired) electrons. The second kappa shape index (κ2) is 13.9. The summed E-state index contributed by atoms with van der Waals surface area (Å²) in [6.45, 7) is 5.97. The zero-order valence-corrected chi connectivity index (χ0v) is 26.1. The normalized spacial score (nSPS) is 16.1. The lowest BCUT2D eigenvalue weighted by molar-refractivity contribution is -0.790. The van der Waals surface area contributed by atoms with Crippen LogP contribution in [-0.2, 0) is 30.9 Å². The molecule has 0 saturated carbocycles. The van der Waals surface area contributed by atoms with Crippen molar-refractivity contribution in [3.05, 3.63) is 107 Å². The molecule has 1 aliphatic heterocycles. The Morgan fingerprint density at radius 2 is 1.71 bits per heavy atom. The van der Waals surface area contributed by atoms with Crippen LogP contribution in [0.3, 0.4) is 0 Å². The van der Waals surface area contributed by atoms with Gasteiger partial charge >= 0.3 is 0 Å². The molecule has 45 heavy (non-hydrogen) atoms. The molecule has 12 heteroatoms. The molecule has 4 aromatic rings. The average Bonchev–Trinajstić information content (AvgIpc) is 3.41. The van der Waals surface area contributed by atoms with Crippen LogP contribution in [0, 0.1) is 6.92 Å². The van der Waals surface area contributed by atoms with Crippen LogP contribution in [0.5, 0.6) is 0 Å². The number of aryl methyl sites for hydroxylation is 1. The minimum atomic E-state index is -4.10. The summed E-state index contributed by atoms with van der Waals surface area (Å²) in [5, 5.41) is 6.82. The van der Waals surface area contributed by atoms with Crippen LogP contribution in [0.25, 0.3) is 12.2 Å². The van der Waals surface area contributed by atoms with E-state index in [1.54, 1.807) is 24.3 Å². The van der Waals surface area contributed by atoms with E-state index in [1.165, 1.54) is 21.7 Å². The van der Waals surface area contributed by atoms with Gasteiger partial charge in [0.1, 0.15) is 18.7 Å². The Balaban J connectivity index is 1.25. The van der Waals surface area contributed by atoms with Gasteiger partial charge < -0.3 is 19.5 Å². The Labute approximate surface area is 261 Å². The molecule has 1 N–H and O–H groups in total. The smallest absolute Gasteiger partial charge is 0.289 e. The van der Waals surface area contributed by atoms with Crippen LogP contribution >= 0.6 is 0 Å². The van der Waals surface area contributed by atoms with E-state index in [2.05, 4.69) is 15.0 Å². The molecule has 1 saturated heterocycles. The summed E-state index contributed by atoms with van der Waals surface area (Å²) in [6.07, 6.45) is 2.81.